The Kier molecular flexibility index (Phi) is 4.93. The number of rotatable bonds is 5. The topological polar surface area (TPSA) is 37.8 Å². The van der Waals surface area contributed by atoms with Crippen molar-refractivity contribution in [3.63, 3.8) is 0 Å². The van der Waals surface area contributed by atoms with E-state index < -0.39 is 11.6 Å². The second-order valence-corrected chi connectivity index (χ2v) is 6.38. The van der Waals surface area contributed by atoms with Gasteiger partial charge in [0, 0.05) is 23.6 Å². The summed E-state index contributed by atoms with van der Waals surface area (Å²) in [6, 6.07) is 15.4. The van der Waals surface area contributed by atoms with E-state index in [2.05, 4.69) is 15.3 Å². The quantitative estimate of drug-likeness (QED) is 0.507. The van der Waals surface area contributed by atoms with E-state index >= 15 is 0 Å². The number of hydrogen-bond donors (Lipinski definition) is 1. The molecule has 0 radical (unpaired) electrons. The Morgan fingerprint density at radius 2 is 1.54 bits per heavy atom. The number of nitrogens with zero attached hydrogens (tertiary/aromatic N) is 2. The molecule has 0 unspecified atom stereocenters. The van der Waals surface area contributed by atoms with Crippen molar-refractivity contribution in [1.29, 1.82) is 0 Å². The fraction of sp³-hybridized carbons (Fsp3) is 0.0909. The predicted octanol–water partition coefficient (Wildman–Crippen LogP) is 5.37. The zero-order chi connectivity index (χ0) is 19.5. The van der Waals surface area contributed by atoms with Gasteiger partial charge in [0.2, 0.25) is 0 Å². The average molecular weight is 379 g/mol. The molecular formula is C22H16F3N3. The Balaban J connectivity index is 1.44. The molecule has 1 N–H and O–H groups in total. The summed E-state index contributed by atoms with van der Waals surface area (Å²) >= 11 is 0. The Labute approximate surface area is 159 Å². The van der Waals surface area contributed by atoms with Crippen LogP contribution in [-0.2, 0) is 6.42 Å². The van der Waals surface area contributed by atoms with Gasteiger partial charge in [0.25, 0.3) is 0 Å². The van der Waals surface area contributed by atoms with Gasteiger partial charge in [0.15, 0.2) is 0 Å². The van der Waals surface area contributed by atoms with Gasteiger partial charge in [-0.2, -0.15) is 0 Å². The van der Waals surface area contributed by atoms with E-state index in [4.69, 9.17) is 0 Å². The molecule has 4 rings (SSSR count). The molecule has 0 aliphatic carbocycles. The van der Waals surface area contributed by atoms with Gasteiger partial charge in [-0.25, -0.2) is 23.1 Å². The van der Waals surface area contributed by atoms with Crippen LogP contribution in [-0.4, -0.2) is 16.5 Å². The number of halogens is 3. The van der Waals surface area contributed by atoms with E-state index in [1.807, 2.05) is 12.1 Å². The van der Waals surface area contributed by atoms with Crippen molar-refractivity contribution in [3.8, 4) is 11.1 Å². The van der Waals surface area contributed by atoms with Gasteiger partial charge in [-0.05, 0) is 47.9 Å². The molecule has 6 heteroatoms. The second-order valence-electron chi connectivity index (χ2n) is 6.38. The number of aromatic nitrogens is 2. The van der Waals surface area contributed by atoms with E-state index in [0.29, 0.717) is 40.8 Å². The van der Waals surface area contributed by atoms with E-state index in [1.165, 1.54) is 30.6 Å². The van der Waals surface area contributed by atoms with Gasteiger partial charge in [0.05, 0.1) is 5.52 Å². The number of anilines is 1. The van der Waals surface area contributed by atoms with Crippen LogP contribution in [0, 0.1) is 17.5 Å². The number of benzene rings is 3. The van der Waals surface area contributed by atoms with Crippen molar-refractivity contribution >= 4 is 16.7 Å². The minimum absolute atomic E-state index is 0.339. The molecule has 3 aromatic carbocycles. The zero-order valence-electron chi connectivity index (χ0n) is 14.8. The van der Waals surface area contributed by atoms with E-state index in [-0.39, 0.29) is 5.82 Å². The summed E-state index contributed by atoms with van der Waals surface area (Å²) in [5, 5.41) is 3.83. The predicted molar refractivity (Wildman–Crippen MR) is 103 cm³/mol. The summed E-state index contributed by atoms with van der Waals surface area (Å²) < 4.78 is 40.4. The monoisotopic (exact) mass is 379 g/mol. The molecule has 1 heterocycles. The molecule has 140 valence electrons. The molecule has 0 bridgehead atoms. The van der Waals surface area contributed by atoms with Gasteiger partial charge in [-0.3, -0.25) is 0 Å². The van der Waals surface area contributed by atoms with Gasteiger partial charge in [-0.15, -0.1) is 0 Å². The zero-order valence-corrected chi connectivity index (χ0v) is 14.8. The lowest BCUT2D eigenvalue weighted by atomic mass is 10.0. The molecule has 0 aliphatic heterocycles. The minimum atomic E-state index is -0.596. The number of hydrogen-bond acceptors (Lipinski definition) is 3. The molecule has 0 saturated carbocycles. The molecule has 0 fully saturated rings. The highest BCUT2D eigenvalue weighted by Crippen LogP contribution is 2.24. The highest BCUT2D eigenvalue weighted by Gasteiger charge is 2.07. The third-order valence-corrected chi connectivity index (χ3v) is 4.50. The molecular weight excluding hydrogens is 363 g/mol. The first kappa shape index (κ1) is 18.0. The fourth-order valence-electron chi connectivity index (χ4n) is 3.07. The van der Waals surface area contributed by atoms with Gasteiger partial charge < -0.3 is 5.32 Å². The Morgan fingerprint density at radius 1 is 0.786 bits per heavy atom. The van der Waals surface area contributed by atoms with Crippen molar-refractivity contribution in [3.05, 3.63) is 90.0 Å². The Bertz CT molecular complexity index is 1130. The smallest absolute Gasteiger partial charge is 0.137 e. The molecule has 1 aromatic heterocycles. The standard InChI is InChI=1S/C22H16F3N3/c23-16-6-8-21-19(11-16)22(28-13-27-21)26-10-9-14-1-3-15(4-2-14)18-7-5-17(24)12-20(18)25/h1-8,11-13H,9-10H2,(H,26,27,28). The molecule has 0 spiro atoms. The maximum atomic E-state index is 13.9. The summed E-state index contributed by atoms with van der Waals surface area (Å²) in [5.41, 5.74) is 2.76. The molecule has 4 aromatic rings. The van der Waals surface area contributed by atoms with Crippen molar-refractivity contribution < 1.29 is 13.2 Å². The van der Waals surface area contributed by atoms with Gasteiger partial charge in [0.1, 0.15) is 29.6 Å². The van der Waals surface area contributed by atoms with Crippen LogP contribution < -0.4 is 5.32 Å². The molecule has 0 amide bonds. The number of nitrogens with one attached hydrogen (secondary N) is 1. The second kappa shape index (κ2) is 7.68. The normalized spacial score (nSPS) is 11.0. The Morgan fingerprint density at radius 3 is 2.32 bits per heavy atom. The Hall–Kier alpha value is -3.41. The van der Waals surface area contributed by atoms with Crippen molar-refractivity contribution in [2.45, 2.75) is 6.42 Å². The van der Waals surface area contributed by atoms with Crippen LogP contribution >= 0.6 is 0 Å². The SMILES string of the molecule is Fc1ccc(-c2ccc(CCNc3ncnc4ccc(F)cc34)cc2)c(F)c1. The summed E-state index contributed by atoms with van der Waals surface area (Å²) in [7, 11) is 0. The van der Waals surface area contributed by atoms with Crippen LogP contribution in [0.4, 0.5) is 19.0 Å². The maximum absolute atomic E-state index is 13.9. The van der Waals surface area contributed by atoms with Crippen molar-refractivity contribution in [2.75, 3.05) is 11.9 Å². The summed E-state index contributed by atoms with van der Waals surface area (Å²) in [4.78, 5) is 8.32. The van der Waals surface area contributed by atoms with E-state index in [0.717, 1.165) is 11.6 Å². The van der Waals surface area contributed by atoms with Crippen LogP contribution in [0.3, 0.4) is 0 Å². The first-order valence-corrected chi connectivity index (χ1v) is 8.79. The van der Waals surface area contributed by atoms with Crippen molar-refractivity contribution in [1.82, 2.24) is 9.97 Å². The number of fused-ring (bicyclic) bond motifs is 1. The fourth-order valence-corrected chi connectivity index (χ4v) is 3.07. The van der Waals surface area contributed by atoms with Crippen molar-refractivity contribution in [2.24, 2.45) is 0 Å². The van der Waals surface area contributed by atoms with Crippen LogP contribution in [0.2, 0.25) is 0 Å². The molecule has 0 aliphatic rings. The summed E-state index contributed by atoms with van der Waals surface area (Å²) in [6.45, 7) is 0.590. The lowest BCUT2D eigenvalue weighted by Crippen LogP contribution is -2.07. The molecule has 28 heavy (non-hydrogen) atoms. The van der Waals surface area contributed by atoms with E-state index in [1.54, 1.807) is 18.2 Å². The maximum Gasteiger partial charge on any atom is 0.137 e. The third-order valence-electron chi connectivity index (χ3n) is 4.50. The van der Waals surface area contributed by atoms with Crippen LogP contribution in [0.15, 0.2) is 67.0 Å². The van der Waals surface area contributed by atoms with Crippen LogP contribution in [0.25, 0.3) is 22.0 Å². The molecule has 3 nitrogen and oxygen atoms in total. The van der Waals surface area contributed by atoms with Gasteiger partial charge in [-0.1, -0.05) is 24.3 Å². The van der Waals surface area contributed by atoms with E-state index in [9.17, 15) is 13.2 Å². The first-order chi connectivity index (χ1) is 13.6. The first-order valence-electron chi connectivity index (χ1n) is 8.79. The largest absolute Gasteiger partial charge is 0.369 e. The molecule has 0 saturated heterocycles. The molecule has 0 atom stereocenters. The lowest BCUT2D eigenvalue weighted by Gasteiger charge is -2.09. The third kappa shape index (κ3) is 3.81. The highest BCUT2D eigenvalue weighted by molar-refractivity contribution is 5.88. The summed E-state index contributed by atoms with van der Waals surface area (Å²) in [5.74, 6) is -0.943. The van der Waals surface area contributed by atoms with Crippen LogP contribution in [0.1, 0.15) is 5.56 Å². The van der Waals surface area contributed by atoms with Crippen LogP contribution in [0.5, 0.6) is 0 Å². The summed E-state index contributed by atoms with van der Waals surface area (Å²) in [6.07, 6.45) is 2.14. The lowest BCUT2D eigenvalue weighted by molar-refractivity contribution is 0.585. The average Bonchev–Trinajstić information content (AvgIpc) is 2.69. The van der Waals surface area contributed by atoms with Gasteiger partial charge >= 0.3 is 0 Å². The highest BCUT2D eigenvalue weighted by atomic mass is 19.1. The minimum Gasteiger partial charge on any atom is -0.369 e.